The number of allylic oxidation sites excluding steroid dienone is 4. The van der Waals surface area contributed by atoms with Crippen LogP contribution in [0, 0.1) is 0 Å². The SMILES string of the molecule is C1=CCC(c2cccc(-c3ccc4c5ccccc5n(-c5cc(-c6ccccc6)nc(-c6ccc(-c7ccccc7)cc6)n5)c4c3)c2)C=C1. The van der Waals surface area contributed by atoms with Gasteiger partial charge >= 0.3 is 0 Å². The lowest BCUT2D eigenvalue weighted by atomic mass is 9.90. The zero-order chi connectivity index (χ0) is 32.6. The molecule has 3 nitrogen and oxygen atoms in total. The molecule has 1 aliphatic carbocycles. The maximum absolute atomic E-state index is 5.29. The van der Waals surface area contributed by atoms with Crippen LogP contribution in [-0.4, -0.2) is 14.5 Å². The van der Waals surface area contributed by atoms with Gasteiger partial charge in [0.05, 0.1) is 16.7 Å². The highest BCUT2D eigenvalue weighted by atomic mass is 15.1. The zero-order valence-electron chi connectivity index (χ0n) is 26.9. The first-order valence-corrected chi connectivity index (χ1v) is 16.9. The van der Waals surface area contributed by atoms with Crippen LogP contribution in [0.3, 0.4) is 0 Å². The van der Waals surface area contributed by atoms with Crippen molar-refractivity contribution in [1.29, 1.82) is 0 Å². The molecule has 1 unspecified atom stereocenters. The summed E-state index contributed by atoms with van der Waals surface area (Å²) in [6.45, 7) is 0. The Morgan fingerprint density at radius 1 is 0.469 bits per heavy atom. The molecule has 3 heteroatoms. The third-order valence-corrected chi connectivity index (χ3v) is 9.56. The van der Waals surface area contributed by atoms with Crippen LogP contribution >= 0.6 is 0 Å². The van der Waals surface area contributed by atoms with Gasteiger partial charge in [-0.1, -0.05) is 164 Å². The first kappa shape index (κ1) is 28.9. The van der Waals surface area contributed by atoms with Crippen LogP contribution < -0.4 is 0 Å². The van der Waals surface area contributed by atoms with E-state index in [4.69, 9.17) is 9.97 Å². The van der Waals surface area contributed by atoms with Gasteiger partial charge in [0, 0.05) is 33.9 Å². The normalized spacial score (nSPS) is 14.1. The molecule has 232 valence electrons. The molecule has 0 saturated carbocycles. The van der Waals surface area contributed by atoms with Gasteiger partial charge in [-0.15, -0.1) is 0 Å². The van der Waals surface area contributed by atoms with Gasteiger partial charge in [0.15, 0.2) is 5.82 Å². The molecule has 0 fully saturated rings. The van der Waals surface area contributed by atoms with E-state index in [0.29, 0.717) is 11.7 Å². The van der Waals surface area contributed by atoms with Crippen LogP contribution in [0.5, 0.6) is 0 Å². The lowest BCUT2D eigenvalue weighted by Crippen LogP contribution is -2.02. The first-order chi connectivity index (χ1) is 24.3. The maximum atomic E-state index is 5.29. The molecule has 9 rings (SSSR count). The fraction of sp³-hybridized carbons (Fsp3) is 0.0435. The smallest absolute Gasteiger partial charge is 0.162 e. The minimum atomic E-state index is 0.401. The molecule has 1 atom stereocenters. The molecule has 0 amide bonds. The predicted octanol–water partition coefficient (Wildman–Crippen LogP) is 11.8. The Labute approximate surface area is 286 Å². The van der Waals surface area contributed by atoms with Gasteiger partial charge in [0.25, 0.3) is 0 Å². The van der Waals surface area contributed by atoms with Crippen LogP contribution in [-0.2, 0) is 0 Å². The monoisotopic (exact) mass is 627 g/mol. The summed E-state index contributed by atoms with van der Waals surface area (Å²) in [6.07, 6.45) is 9.87. The highest BCUT2D eigenvalue weighted by molar-refractivity contribution is 6.10. The van der Waals surface area contributed by atoms with E-state index >= 15 is 0 Å². The minimum Gasteiger partial charge on any atom is -0.294 e. The minimum absolute atomic E-state index is 0.401. The van der Waals surface area contributed by atoms with E-state index in [1.807, 2.05) is 12.1 Å². The Bertz CT molecular complexity index is 2510. The average molecular weight is 628 g/mol. The highest BCUT2D eigenvalue weighted by Gasteiger charge is 2.18. The fourth-order valence-corrected chi connectivity index (χ4v) is 7.05. The molecule has 0 N–H and O–H groups in total. The van der Waals surface area contributed by atoms with Gasteiger partial charge < -0.3 is 0 Å². The van der Waals surface area contributed by atoms with Crippen LogP contribution in [0.1, 0.15) is 17.9 Å². The largest absolute Gasteiger partial charge is 0.294 e. The quantitative estimate of drug-likeness (QED) is 0.184. The van der Waals surface area contributed by atoms with Gasteiger partial charge in [-0.05, 0) is 46.4 Å². The standard InChI is InChI=1S/C46H33N3/c1-4-13-32(14-5-1)34-23-25-36(26-24-34)46-47-42(35-17-8-3-9-18-35)31-45(48-46)49-43-22-11-10-21-40(43)41-28-27-39(30-44(41)49)38-20-12-19-37(29-38)33-15-6-2-7-16-33/h1-15,17-31,33H,16H2. The molecular weight excluding hydrogens is 595 g/mol. The van der Waals surface area contributed by atoms with Crippen LogP contribution in [0.2, 0.25) is 0 Å². The number of aromatic nitrogens is 3. The van der Waals surface area contributed by atoms with Crippen molar-refractivity contribution in [3.05, 3.63) is 188 Å². The third-order valence-electron chi connectivity index (χ3n) is 9.56. The molecule has 0 bridgehead atoms. The summed E-state index contributed by atoms with van der Waals surface area (Å²) in [6, 6.07) is 56.0. The Morgan fingerprint density at radius 2 is 1.12 bits per heavy atom. The second-order valence-electron chi connectivity index (χ2n) is 12.6. The Morgan fingerprint density at radius 3 is 1.92 bits per heavy atom. The van der Waals surface area contributed by atoms with E-state index in [1.165, 1.54) is 38.6 Å². The summed E-state index contributed by atoms with van der Waals surface area (Å²) in [5.41, 5.74) is 11.2. The fourth-order valence-electron chi connectivity index (χ4n) is 7.05. The molecule has 49 heavy (non-hydrogen) atoms. The molecule has 2 heterocycles. The summed E-state index contributed by atoms with van der Waals surface area (Å²) < 4.78 is 2.31. The van der Waals surface area contributed by atoms with Gasteiger partial charge in [-0.3, -0.25) is 4.57 Å². The lowest BCUT2D eigenvalue weighted by molar-refractivity contribution is 0.854. The Balaban J connectivity index is 1.22. The van der Waals surface area contributed by atoms with Gasteiger partial charge in [-0.2, -0.15) is 0 Å². The summed E-state index contributed by atoms with van der Waals surface area (Å²) in [7, 11) is 0. The van der Waals surface area contributed by atoms with Crippen molar-refractivity contribution in [3.8, 4) is 50.7 Å². The van der Waals surface area contributed by atoms with E-state index in [1.54, 1.807) is 0 Å². The van der Waals surface area contributed by atoms with Crippen molar-refractivity contribution in [2.75, 3.05) is 0 Å². The Kier molecular flexibility index (Phi) is 7.29. The van der Waals surface area contributed by atoms with Gasteiger partial charge in [0.1, 0.15) is 5.82 Å². The van der Waals surface area contributed by atoms with Crippen LogP contribution in [0.15, 0.2) is 182 Å². The number of fused-ring (bicyclic) bond motifs is 3. The second kappa shape index (κ2) is 12.4. The molecule has 0 radical (unpaired) electrons. The summed E-state index contributed by atoms with van der Waals surface area (Å²) in [5.74, 6) is 1.94. The number of benzene rings is 6. The van der Waals surface area contributed by atoms with Crippen molar-refractivity contribution in [1.82, 2.24) is 14.5 Å². The van der Waals surface area contributed by atoms with E-state index in [-0.39, 0.29) is 0 Å². The topological polar surface area (TPSA) is 30.7 Å². The van der Waals surface area contributed by atoms with Crippen molar-refractivity contribution in [3.63, 3.8) is 0 Å². The Hall–Kier alpha value is -6.32. The number of rotatable bonds is 6. The first-order valence-electron chi connectivity index (χ1n) is 16.9. The van der Waals surface area contributed by atoms with Crippen molar-refractivity contribution < 1.29 is 0 Å². The number of hydrogen-bond donors (Lipinski definition) is 0. The maximum Gasteiger partial charge on any atom is 0.162 e. The molecular formula is C46H33N3. The molecule has 6 aromatic carbocycles. The second-order valence-corrected chi connectivity index (χ2v) is 12.6. The number of para-hydroxylation sites is 1. The molecule has 2 aromatic heterocycles. The summed E-state index contributed by atoms with van der Waals surface area (Å²) >= 11 is 0. The average Bonchev–Trinajstić information content (AvgIpc) is 3.52. The van der Waals surface area contributed by atoms with E-state index in [9.17, 15) is 0 Å². The number of hydrogen-bond acceptors (Lipinski definition) is 2. The summed E-state index contributed by atoms with van der Waals surface area (Å²) in [5, 5.41) is 2.40. The molecule has 0 saturated heterocycles. The molecule has 0 aliphatic heterocycles. The van der Waals surface area contributed by atoms with Crippen molar-refractivity contribution >= 4 is 21.8 Å². The predicted molar refractivity (Wildman–Crippen MR) is 204 cm³/mol. The molecule has 0 spiro atoms. The highest BCUT2D eigenvalue weighted by Crippen LogP contribution is 2.37. The van der Waals surface area contributed by atoms with Crippen LogP contribution in [0.4, 0.5) is 0 Å². The van der Waals surface area contributed by atoms with Crippen LogP contribution in [0.25, 0.3) is 72.5 Å². The van der Waals surface area contributed by atoms with E-state index < -0.39 is 0 Å². The van der Waals surface area contributed by atoms with Crippen molar-refractivity contribution in [2.45, 2.75) is 12.3 Å². The molecule has 1 aliphatic rings. The van der Waals surface area contributed by atoms with Gasteiger partial charge in [-0.25, -0.2) is 9.97 Å². The third kappa shape index (κ3) is 5.46. The zero-order valence-corrected chi connectivity index (χ0v) is 26.9. The van der Waals surface area contributed by atoms with E-state index in [0.717, 1.165) is 40.1 Å². The number of nitrogens with zero attached hydrogens (tertiary/aromatic N) is 3. The van der Waals surface area contributed by atoms with Gasteiger partial charge in [0.2, 0.25) is 0 Å². The lowest BCUT2D eigenvalue weighted by Gasteiger charge is -2.15. The van der Waals surface area contributed by atoms with Crippen molar-refractivity contribution in [2.24, 2.45) is 0 Å². The summed E-state index contributed by atoms with van der Waals surface area (Å²) in [4.78, 5) is 10.4. The molecule has 8 aromatic rings. The van der Waals surface area contributed by atoms with E-state index in [2.05, 4.69) is 174 Å².